The molecule has 90 valence electrons. The van der Waals surface area contributed by atoms with E-state index >= 15 is 0 Å². The Bertz CT molecular complexity index is 148. The number of rotatable bonds is 10. The van der Waals surface area contributed by atoms with Crippen molar-refractivity contribution in [2.24, 2.45) is 0 Å². The highest BCUT2D eigenvalue weighted by atomic mass is 16.7. The molecular formula is C11H22O4. The quantitative estimate of drug-likeness (QED) is 0.317. The third-order valence-corrected chi connectivity index (χ3v) is 2.14. The average Bonchev–Trinajstić information content (AvgIpc) is 3.02. The second kappa shape index (κ2) is 8.05. The van der Waals surface area contributed by atoms with Crippen LogP contribution in [0.4, 0.5) is 0 Å². The Morgan fingerprint density at radius 2 is 2.00 bits per heavy atom. The van der Waals surface area contributed by atoms with Gasteiger partial charge in [-0.3, -0.25) is 0 Å². The normalized spacial score (nSPS) is 21.6. The smallest absolute Gasteiger partial charge is 0.154 e. The SMILES string of the molecule is CCCCOC(C)OCCOCC1CO1. The van der Waals surface area contributed by atoms with Crippen molar-refractivity contribution in [2.45, 2.75) is 39.1 Å². The van der Waals surface area contributed by atoms with Gasteiger partial charge in [-0.1, -0.05) is 13.3 Å². The summed E-state index contributed by atoms with van der Waals surface area (Å²) in [5.74, 6) is 0. The van der Waals surface area contributed by atoms with Crippen LogP contribution in [0.1, 0.15) is 26.7 Å². The molecule has 0 amide bonds. The second-order valence-electron chi connectivity index (χ2n) is 3.69. The molecule has 4 nitrogen and oxygen atoms in total. The first-order valence-electron chi connectivity index (χ1n) is 5.75. The Balaban J connectivity index is 1.76. The van der Waals surface area contributed by atoms with Crippen molar-refractivity contribution in [3.8, 4) is 0 Å². The van der Waals surface area contributed by atoms with Gasteiger partial charge in [0.1, 0.15) is 6.10 Å². The number of ether oxygens (including phenoxy) is 4. The maximum absolute atomic E-state index is 5.42. The summed E-state index contributed by atoms with van der Waals surface area (Å²) in [6.45, 7) is 7.56. The number of hydrogen-bond acceptors (Lipinski definition) is 4. The Morgan fingerprint density at radius 3 is 2.67 bits per heavy atom. The van der Waals surface area contributed by atoms with Crippen LogP contribution in [0.25, 0.3) is 0 Å². The fraction of sp³-hybridized carbons (Fsp3) is 1.00. The number of unbranched alkanes of at least 4 members (excludes halogenated alkanes) is 1. The molecule has 0 radical (unpaired) electrons. The molecule has 1 aliphatic rings. The molecule has 1 rings (SSSR count). The lowest BCUT2D eigenvalue weighted by Gasteiger charge is -2.13. The van der Waals surface area contributed by atoms with Crippen LogP contribution < -0.4 is 0 Å². The molecule has 0 aromatic carbocycles. The molecule has 0 N–H and O–H groups in total. The predicted molar refractivity (Wildman–Crippen MR) is 56.8 cm³/mol. The molecule has 15 heavy (non-hydrogen) atoms. The van der Waals surface area contributed by atoms with Crippen molar-refractivity contribution in [3.63, 3.8) is 0 Å². The van der Waals surface area contributed by atoms with Gasteiger partial charge in [-0.15, -0.1) is 0 Å². The first kappa shape index (κ1) is 12.9. The van der Waals surface area contributed by atoms with Gasteiger partial charge in [0.25, 0.3) is 0 Å². The lowest BCUT2D eigenvalue weighted by Crippen LogP contribution is -2.17. The zero-order valence-electron chi connectivity index (χ0n) is 9.74. The van der Waals surface area contributed by atoms with E-state index in [0.29, 0.717) is 25.9 Å². The largest absolute Gasteiger partial charge is 0.376 e. The summed E-state index contributed by atoms with van der Waals surface area (Å²) >= 11 is 0. The molecule has 1 saturated heterocycles. The van der Waals surface area contributed by atoms with Crippen molar-refractivity contribution >= 4 is 0 Å². The van der Waals surface area contributed by atoms with Gasteiger partial charge in [0.2, 0.25) is 0 Å². The van der Waals surface area contributed by atoms with Crippen LogP contribution in [0.2, 0.25) is 0 Å². The maximum atomic E-state index is 5.42. The molecule has 0 spiro atoms. The fourth-order valence-electron chi connectivity index (χ4n) is 1.09. The summed E-state index contributed by atoms with van der Waals surface area (Å²) in [7, 11) is 0. The summed E-state index contributed by atoms with van der Waals surface area (Å²) < 4.78 is 21.2. The highest BCUT2D eigenvalue weighted by Crippen LogP contribution is 2.08. The minimum atomic E-state index is -0.127. The van der Waals surface area contributed by atoms with Gasteiger partial charge in [-0.05, 0) is 13.3 Å². The number of epoxide rings is 1. The zero-order chi connectivity index (χ0) is 10.9. The molecule has 1 fully saturated rings. The zero-order valence-corrected chi connectivity index (χ0v) is 9.74. The van der Waals surface area contributed by atoms with Gasteiger partial charge in [-0.2, -0.15) is 0 Å². The summed E-state index contributed by atoms with van der Waals surface area (Å²) in [6.07, 6.45) is 2.45. The van der Waals surface area contributed by atoms with E-state index in [1.807, 2.05) is 6.92 Å². The first-order chi connectivity index (χ1) is 7.33. The van der Waals surface area contributed by atoms with Crippen LogP contribution in [-0.2, 0) is 18.9 Å². The molecule has 0 aromatic rings. The topological polar surface area (TPSA) is 40.2 Å². The van der Waals surface area contributed by atoms with Crippen LogP contribution in [0, 0.1) is 0 Å². The first-order valence-corrected chi connectivity index (χ1v) is 5.75. The molecule has 2 unspecified atom stereocenters. The summed E-state index contributed by atoms with van der Waals surface area (Å²) in [4.78, 5) is 0. The molecule has 1 heterocycles. The third-order valence-electron chi connectivity index (χ3n) is 2.14. The molecule has 0 aromatic heterocycles. The van der Waals surface area contributed by atoms with E-state index in [2.05, 4.69) is 6.92 Å². The van der Waals surface area contributed by atoms with E-state index in [0.717, 1.165) is 26.1 Å². The summed E-state index contributed by atoms with van der Waals surface area (Å²) in [5.41, 5.74) is 0. The van der Waals surface area contributed by atoms with Gasteiger partial charge >= 0.3 is 0 Å². The maximum Gasteiger partial charge on any atom is 0.154 e. The van der Waals surface area contributed by atoms with Gasteiger partial charge in [0.05, 0.1) is 26.4 Å². The second-order valence-corrected chi connectivity index (χ2v) is 3.69. The van der Waals surface area contributed by atoms with Gasteiger partial charge in [0, 0.05) is 6.61 Å². The van der Waals surface area contributed by atoms with Crippen molar-refractivity contribution in [1.29, 1.82) is 0 Å². The lowest BCUT2D eigenvalue weighted by molar-refractivity contribution is -0.140. The van der Waals surface area contributed by atoms with Gasteiger partial charge < -0.3 is 18.9 Å². The molecule has 0 saturated carbocycles. The standard InChI is InChI=1S/C11H22O4/c1-3-4-5-13-10(2)14-7-6-12-8-11-9-15-11/h10-11H,3-9H2,1-2H3. The van der Waals surface area contributed by atoms with Gasteiger partial charge in [-0.25, -0.2) is 0 Å². The minimum Gasteiger partial charge on any atom is -0.376 e. The Labute approximate surface area is 91.8 Å². The van der Waals surface area contributed by atoms with Crippen LogP contribution >= 0.6 is 0 Å². The summed E-state index contributed by atoms with van der Waals surface area (Å²) in [6, 6.07) is 0. The monoisotopic (exact) mass is 218 g/mol. The van der Waals surface area contributed by atoms with Crippen LogP contribution in [0.15, 0.2) is 0 Å². The Kier molecular flexibility index (Phi) is 6.92. The minimum absolute atomic E-state index is 0.127. The van der Waals surface area contributed by atoms with Crippen molar-refractivity contribution in [3.05, 3.63) is 0 Å². The molecule has 0 bridgehead atoms. The van der Waals surface area contributed by atoms with Crippen molar-refractivity contribution in [1.82, 2.24) is 0 Å². The Hall–Kier alpha value is -0.160. The molecule has 2 atom stereocenters. The average molecular weight is 218 g/mol. The van der Waals surface area contributed by atoms with Gasteiger partial charge in [0.15, 0.2) is 6.29 Å². The van der Waals surface area contributed by atoms with Crippen LogP contribution in [0.5, 0.6) is 0 Å². The molecule has 0 aliphatic carbocycles. The van der Waals surface area contributed by atoms with E-state index in [1.165, 1.54) is 0 Å². The van der Waals surface area contributed by atoms with E-state index in [9.17, 15) is 0 Å². The van der Waals surface area contributed by atoms with E-state index in [4.69, 9.17) is 18.9 Å². The highest BCUT2D eigenvalue weighted by molar-refractivity contribution is 4.66. The predicted octanol–water partition coefficient (Wildman–Crippen LogP) is 1.58. The molecular weight excluding hydrogens is 196 g/mol. The number of hydrogen-bond donors (Lipinski definition) is 0. The van der Waals surface area contributed by atoms with E-state index in [-0.39, 0.29) is 6.29 Å². The van der Waals surface area contributed by atoms with E-state index < -0.39 is 0 Å². The van der Waals surface area contributed by atoms with Crippen LogP contribution in [0.3, 0.4) is 0 Å². The fourth-order valence-corrected chi connectivity index (χ4v) is 1.09. The molecule has 4 heteroatoms. The Morgan fingerprint density at radius 1 is 1.27 bits per heavy atom. The van der Waals surface area contributed by atoms with Crippen LogP contribution in [-0.4, -0.2) is 45.4 Å². The summed E-state index contributed by atoms with van der Waals surface area (Å²) in [5, 5.41) is 0. The third kappa shape index (κ3) is 7.73. The molecule has 1 aliphatic heterocycles. The highest BCUT2D eigenvalue weighted by Gasteiger charge is 2.21. The van der Waals surface area contributed by atoms with Crippen molar-refractivity contribution < 1.29 is 18.9 Å². The van der Waals surface area contributed by atoms with E-state index in [1.54, 1.807) is 0 Å². The lowest BCUT2D eigenvalue weighted by atomic mass is 10.4. The van der Waals surface area contributed by atoms with Crippen molar-refractivity contribution in [2.75, 3.05) is 33.0 Å².